The fourth-order valence-electron chi connectivity index (χ4n) is 3.57. The van der Waals surface area contributed by atoms with E-state index in [-0.39, 0.29) is 31.2 Å². The van der Waals surface area contributed by atoms with Gasteiger partial charge in [0.1, 0.15) is 11.9 Å². The van der Waals surface area contributed by atoms with Crippen molar-refractivity contribution in [2.24, 2.45) is 0 Å². The molecule has 2 aromatic rings. The van der Waals surface area contributed by atoms with Gasteiger partial charge in [-0.2, -0.15) is 0 Å². The van der Waals surface area contributed by atoms with Crippen LogP contribution in [0.3, 0.4) is 0 Å². The standard InChI is InChI=1S/C21H16N4O4/c1-2-12-8-9-22-17(10-12)23-19(27)13-4-3-5-14-15(13)11-25(21(14)29)16-6-7-18(26)24-20(16)28/h1,3-5,8-10,16H,6-7,11H2,(H,22,23,27)(H,24,26,28). The van der Waals surface area contributed by atoms with Gasteiger partial charge in [-0.3, -0.25) is 24.5 Å². The van der Waals surface area contributed by atoms with Gasteiger partial charge in [0.2, 0.25) is 11.8 Å². The molecule has 0 bridgehead atoms. The van der Waals surface area contributed by atoms with Gasteiger partial charge in [0.25, 0.3) is 11.8 Å². The molecule has 0 aliphatic carbocycles. The fraction of sp³-hybridized carbons (Fsp3) is 0.190. The first-order chi connectivity index (χ1) is 14.0. The van der Waals surface area contributed by atoms with Crippen molar-refractivity contribution >= 4 is 29.4 Å². The lowest BCUT2D eigenvalue weighted by molar-refractivity contribution is -0.136. The maximum atomic E-state index is 12.8. The Labute approximate surface area is 166 Å². The van der Waals surface area contributed by atoms with Crippen LogP contribution in [-0.2, 0) is 16.1 Å². The van der Waals surface area contributed by atoms with Crippen molar-refractivity contribution in [3.05, 3.63) is 58.8 Å². The summed E-state index contributed by atoms with van der Waals surface area (Å²) in [6.45, 7) is 0.113. The van der Waals surface area contributed by atoms with Gasteiger partial charge in [0.05, 0.1) is 0 Å². The highest BCUT2D eigenvalue weighted by Gasteiger charge is 2.40. The number of rotatable bonds is 3. The van der Waals surface area contributed by atoms with Crippen LogP contribution in [0.25, 0.3) is 0 Å². The van der Waals surface area contributed by atoms with E-state index in [9.17, 15) is 19.2 Å². The van der Waals surface area contributed by atoms with Gasteiger partial charge in [0.15, 0.2) is 0 Å². The molecule has 8 heteroatoms. The van der Waals surface area contributed by atoms with Crippen LogP contribution in [0.15, 0.2) is 36.5 Å². The van der Waals surface area contributed by atoms with Crippen molar-refractivity contribution < 1.29 is 19.2 Å². The molecular weight excluding hydrogens is 372 g/mol. The van der Waals surface area contributed by atoms with E-state index >= 15 is 0 Å². The molecule has 1 saturated heterocycles. The molecule has 2 aliphatic rings. The quantitative estimate of drug-likeness (QED) is 0.604. The molecule has 1 atom stereocenters. The second-order valence-electron chi connectivity index (χ2n) is 6.76. The molecule has 3 heterocycles. The van der Waals surface area contributed by atoms with Crippen molar-refractivity contribution in [2.75, 3.05) is 5.32 Å². The van der Waals surface area contributed by atoms with E-state index in [0.29, 0.717) is 28.1 Å². The Morgan fingerprint density at radius 2 is 2.10 bits per heavy atom. The smallest absolute Gasteiger partial charge is 0.257 e. The summed E-state index contributed by atoms with van der Waals surface area (Å²) in [5, 5.41) is 4.95. The number of carbonyl (C=O) groups excluding carboxylic acids is 4. The summed E-state index contributed by atoms with van der Waals surface area (Å²) in [5.74, 6) is 1.16. The third-order valence-corrected chi connectivity index (χ3v) is 4.99. The van der Waals surface area contributed by atoms with Crippen LogP contribution in [0.2, 0.25) is 0 Å². The zero-order chi connectivity index (χ0) is 20.5. The van der Waals surface area contributed by atoms with Gasteiger partial charge in [-0.15, -0.1) is 6.42 Å². The monoisotopic (exact) mass is 388 g/mol. The molecule has 29 heavy (non-hydrogen) atoms. The highest BCUT2D eigenvalue weighted by Crippen LogP contribution is 2.30. The lowest BCUT2D eigenvalue weighted by Gasteiger charge is -2.29. The fourth-order valence-corrected chi connectivity index (χ4v) is 3.57. The molecule has 0 saturated carbocycles. The Bertz CT molecular complexity index is 1100. The second kappa shape index (κ2) is 7.20. The molecular formula is C21H16N4O4. The summed E-state index contributed by atoms with van der Waals surface area (Å²) >= 11 is 0. The van der Waals surface area contributed by atoms with Gasteiger partial charge in [0, 0.05) is 35.9 Å². The molecule has 1 aromatic heterocycles. The number of imide groups is 1. The molecule has 1 fully saturated rings. The molecule has 0 spiro atoms. The van der Waals surface area contributed by atoms with Crippen LogP contribution in [0, 0.1) is 12.3 Å². The first kappa shape index (κ1) is 18.4. The molecule has 144 valence electrons. The third kappa shape index (κ3) is 3.34. The van der Waals surface area contributed by atoms with E-state index in [2.05, 4.69) is 21.5 Å². The average Bonchev–Trinajstić information content (AvgIpc) is 3.04. The maximum Gasteiger partial charge on any atom is 0.257 e. The molecule has 1 aromatic carbocycles. The van der Waals surface area contributed by atoms with Crippen molar-refractivity contribution in [1.82, 2.24) is 15.2 Å². The summed E-state index contributed by atoms with van der Waals surface area (Å²) in [5.41, 5.74) is 1.80. The van der Waals surface area contributed by atoms with Crippen LogP contribution in [0.1, 0.15) is 44.7 Å². The van der Waals surface area contributed by atoms with Gasteiger partial charge >= 0.3 is 0 Å². The van der Waals surface area contributed by atoms with E-state index in [0.717, 1.165) is 0 Å². The number of hydrogen-bond acceptors (Lipinski definition) is 5. The van der Waals surface area contributed by atoms with E-state index in [1.165, 1.54) is 11.1 Å². The largest absolute Gasteiger partial charge is 0.322 e. The summed E-state index contributed by atoms with van der Waals surface area (Å²) in [6.07, 6.45) is 7.29. The maximum absolute atomic E-state index is 12.8. The number of nitrogens with zero attached hydrogens (tertiary/aromatic N) is 2. The van der Waals surface area contributed by atoms with Crippen molar-refractivity contribution in [3.8, 4) is 12.3 Å². The highest BCUT2D eigenvalue weighted by atomic mass is 16.2. The molecule has 2 N–H and O–H groups in total. The Morgan fingerprint density at radius 3 is 2.86 bits per heavy atom. The number of hydrogen-bond donors (Lipinski definition) is 2. The highest BCUT2D eigenvalue weighted by molar-refractivity contribution is 6.10. The minimum absolute atomic E-state index is 0.113. The summed E-state index contributed by atoms with van der Waals surface area (Å²) in [7, 11) is 0. The number of amides is 4. The van der Waals surface area contributed by atoms with Crippen LogP contribution in [0.4, 0.5) is 5.82 Å². The Hall–Kier alpha value is -3.99. The number of aromatic nitrogens is 1. The number of terminal acetylenes is 1. The minimum atomic E-state index is -0.738. The number of piperidine rings is 1. The lowest BCUT2D eigenvalue weighted by Crippen LogP contribution is -2.52. The SMILES string of the molecule is C#Cc1ccnc(NC(=O)c2cccc3c2CN(C2CCC(=O)NC2=O)C3=O)c1. The van der Waals surface area contributed by atoms with Crippen molar-refractivity contribution in [3.63, 3.8) is 0 Å². The number of anilines is 1. The number of pyridine rings is 1. The van der Waals surface area contributed by atoms with E-state index in [1.54, 1.807) is 30.3 Å². The minimum Gasteiger partial charge on any atom is -0.322 e. The first-order valence-corrected chi connectivity index (χ1v) is 8.98. The zero-order valence-corrected chi connectivity index (χ0v) is 15.3. The molecule has 4 amide bonds. The van der Waals surface area contributed by atoms with E-state index < -0.39 is 17.9 Å². The second-order valence-corrected chi connectivity index (χ2v) is 6.76. The topological polar surface area (TPSA) is 108 Å². The predicted molar refractivity (Wildman–Crippen MR) is 103 cm³/mol. The van der Waals surface area contributed by atoms with Crippen molar-refractivity contribution in [1.29, 1.82) is 0 Å². The number of fused-ring (bicyclic) bond motifs is 1. The van der Waals surface area contributed by atoms with Gasteiger partial charge in [-0.25, -0.2) is 4.98 Å². The molecule has 4 rings (SSSR count). The van der Waals surface area contributed by atoms with Crippen molar-refractivity contribution in [2.45, 2.75) is 25.4 Å². The van der Waals surface area contributed by atoms with E-state index in [1.807, 2.05) is 0 Å². The zero-order valence-electron chi connectivity index (χ0n) is 15.3. The summed E-state index contributed by atoms with van der Waals surface area (Å²) in [4.78, 5) is 54.7. The van der Waals surface area contributed by atoms with Crippen LogP contribution in [-0.4, -0.2) is 39.6 Å². The average molecular weight is 388 g/mol. The van der Waals surface area contributed by atoms with Gasteiger partial charge in [-0.1, -0.05) is 12.0 Å². The molecule has 0 radical (unpaired) electrons. The number of nitrogens with one attached hydrogen (secondary N) is 2. The Morgan fingerprint density at radius 1 is 1.28 bits per heavy atom. The molecule has 2 aliphatic heterocycles. The Balaban J connectivity index is 1.60. The normalized spacial score (nSPS) is 18.1. The lowest BCUT2D eigenvalue weighted by atomic mass is 10.0. The molecule has 8 nitrogen and oxygen atoms in total. The number of benzene rings is 1. The van der Waals surface area contributed by atoms with Gasteiger partial charge < -0.3 is 10.2 Å². The molecule has 1 unspecified atom stereocenters. The summed E-state index contributed by atoms with van der Waals surface area (Å²) in [6, 6.07) is 7.33. The van der Waals surface area contributed by atoms with Gasteiger partial charge in [-0.05, 0) is 36.2 Å². The predicted octanol–water partition coefficient (Wildman–Crippen LogP) is 1.08. The van der Waals surface area contributed by atoms with Crippen LogP contribution >= 0.6 is 0 Å². The summed E-state index contributed by atoms with van der Waals surface area (Å²) < 4.78 is 0. The Kier molecular flexibility index (Phi) is 4.56. The van der Waals surface area contributed by atoms with Crippen LogP contribution in [0.5, 0.6) is 0 Å². The first-order valence-electron chi connectivity index (χ1n) is 8.98. The van der Waals surface area contributed by atoms with Crippen LogP contribution < -0.4 is 10.6 Å². The van der Waals surface area contributed by atoms with E-state index in [4.69, 9.17) is 6.42 Å². The third-order valence-electron chi connectivity index (χ3n) is 4.99. The number of carbonyl (C=O) groups is 4.